The summed E-state index contributed by atoms with van der Waals surface area (Å²) in [4.78, 5) is 11.5. The molecule has 0 aliphatic rings. The highest BCUT2D eigenvalue weighted by atomic mass is 35.6. The Hall–Kier alpha value is 0.417. The van der Waals surface area contributed by atoms with Gasteiger partial charge >= 0.3 is 0 Å². The standard InChI is InChI=1S/C14H25Cl3O3Si/c1-10(20-21(5,6)13(2,3)4)12(19)8-7-11(18)9-14(15,16)17/h7-8,10,12,19H,9H2,1-6H3/b8-7+/t10-,12-/m1/s1. The number of aliphatic hydroxyl groups is 1. The normalized spacial score (nSPS) is 17.0. The molecule has 0 heterocycles. The predicted octanol–water partition coefficient (Wildman–Crippen LogP) is 4.64. The monoisotopic (exact) mass is 374 g/mol. The second-order valence-corrected chi connectivity index (χ2v) is 14.0. The molecule has 0 unspecified atom stereocenters. The van der Waals surface area contributed by atoms with E-state index < -0.39 is 24.3 Å². The Balaban J connectivity index is 4.60. The van der Waals surface area contributed by atoms with E-state index >= 15 is 0 Å². The smallest absolute Gasteiger partial charge is 0.197 e. The fourth-order valence-electron chi connectivity index (χ4n) is 1.33. The third kappa shape index (κ3) is 8.58. The second-order valence-electron chi connectivity index (χ2n) is 6.69. The number of allylic oxidation sites excluding steroid dienone is 1. The number of aliphatic hydroxyl groups excluding tert-OH is 1. The van der Waals surface area contributed by atoms with Gasteiger partial charge in [0.2, 0.25) is 0 Å². The number of halogens is 3. The van der Waals surface area contributed by atoms with E-state index in [-0.39, 0.29) is 17.2 Å². The van der Waals surface area contributed by atoms with Crippen LogP contribution in [-0.4, -0.2) is 35.2 Å². The largest absolute Gasteiger partial charge is 0.411 e. The Bertz CT molecular complexity index is 384. The van der Waals surface area contributed by atoms with Crippen LogP contribution in [0, 0.1) is 0 Å². The van der Waals surface area contributed by atoms with Crippen LogP contribution in [0.25, 0.3) is 0 Å². The Morgan fingerprint density at radius 3 is 2.14 bits per heavy atom. The lowest BCUT2D eigenvalue weighted by Gasteiger charge is -2.39. The van der Waals surface area contributed by atoms with Crippen LogP contribution in [0.3, 0.4) is 0 Å². The molecule has 0 fully saturated rings. The van der Waals surface area contributed by atoms with Gasteiger partial charge in [-0.15, -0.1) is 0 Å². The highest BCUT2D eigenvalue weighted by Gasteiger charge is 2.39. The van der Waals surface area contributed by atoms with Gasteiger partial charge in [-0.05, 0) is 31.1 Å². The first-order valence-electron chi connectivity index (χ1n) is 6.79. The summed E-state index contributed by atoms with van der Waals surface area (Å²) in [5.74, 6) is -0.353. The fraction of sp³-hybridized carbons (Fsp3) is 0.786. The van der Waals surface area contributed by atoms with Gasteiger partial charge in [0.15, 0.2) is 17.9 Å². The van der Waals surface area contributed by atoms with E-state index in [1.54, 1.807) is 6.92 Å². The molecule has 0 saturated heterocycles. The summed E-state index contributed by atoms with van der Waals surface area (Å²) in [6.45, 7) is 12.4. The van der Waals surface area contributed by atoms with Crippen LogP contribution in [0.4, 0.5) is 0 Å². The highest BCUT2D eigenvalue weighted by Crippen LogP contribution is 2.37. The lowest BCUT2D eigenvalue weighted by atomic mass is 10.2. The number of ketones is 1. The fourth-order valence-corrected chi connectivity index (χ4v) is 3.15. The van der Waals surface area contributed by atoms with Crippen molar-refractivity contribution < 1.29 is 14.3 Å². The van der Waals surface area contributed by atoms with Crippen LogP contribution >= 0.6 is 34.8 Å². The van der Waals surface area contributed by atoms with Crippen LogP contribution in [0.2, 0.25) is 18.1 Å². The number of rotatable bonds is 6. The van der Waals surface area contributed by atoms with E-state index in [1.807, 2.05) is 0 Å². The molecule has 0 radical (unpaired) electrons. The Kier molecular flexibility index (Phi) is 7.95. The van der Waals surface area contributed by atoms with Crippen molar-refractivity contribution in [1.29, 1.82) is 0 Å². The van der Waals surface area contributed by atoms with Gasteiger partial charge in [-0.25, -0.2) is 0 Å². The quantitative estimate of drug-likeness (QED) is 0.418. The summed E-state index contributed by atoms with van der Waals surface area (Å²) in [5, 5.41) is 10.1. The summed E-state index contributed by atoms with van der Waals surface area (Å²) in [7, 11) is -1.97. The summed E-state index contributed by atoms with van der Waals surface area (Å²) in [6.07, 6.45) is 1.12. The molecule has 0 aromatic rings. The highest BCUT2D eigenvalue weighted by molar-refractivity contribution is 6.74. The first-order valence-corrected chi connectivity index (χ1v) is 10.8. The number of carbonyl (C=O) groups excluding carboxylic acids is 1. The molecule has 0 aromatic carbocycles. The lowest BCUT2D eigenvalue weighted by Crippen LogP contribution is -2.45. The second kappa shape index (κ2) is 7.80. The maximum Gasteiger partial charge on any atom is 0.197 e. The third-order valence-corrected chi connectivity index (χ3v) is 8.60. The summed E-state index contributed by atoms with van der Waals surface area (Å²) in [5.41, 5.74) is 0. The molecule has 0 bridgehead atoms. The van der Waals surface area contributed by atoms with Crippen molar-refractivity contribution in [2.45, 2.75) is 68.2 Å². The molecule has 21 heavy (non-hydrogen) atoms. The number of hydrogen-bond acceptors (Lipinski definition) is 3. The van der Waals surface area contributed by atoms with Crippen LogP contribution in [0.5, 0.6) is 0 Å². The van der Waals surface area contributed by atoms with Crippen LogP contribution in [0.1, 0.15) is 34.1 Å². The molecular formula is C14H25Cl3O3Si. The maximum absolute atomic E-state index is 11.5. The van der Waals surface area contributed by atoms with E-state index in [1.165, 1.54) is 12.2 Å². The van der Waals surface area contributed by atoms with Gasteiger partial charge in [-0.2, -0.15) is 0 Å². The van der Waals surface area contributed by atoms with Gasteiger partial charge in [-0.3, -0.25) is 4.79 Å². The van der Waals surface area contributed by atoms with Gasteiger partial charge in [0, 0.05) is 0 Å². The zero-order valence-corrected chi connectivity index (χ0v) is 16.7. The van der Waals surface area contributed by atoms with Crippen molar-refractivity contribution in [2.24, 2.45) is 0 Å². The van der Waals surface area contributed by atoms with Crippen molar-refractivity contribution >= 4 is 48.9 Å². The predicted molar refractivity (Wildman–Crippen MR) is 92.8 cm³/mol. The minimum absolute atomic E-state index is 0.0516. The van der Waals surface area contributed by atoms with Gasteiger partial charge in [0.25, 0.3) is 0 Å². The molecule has 0 aliphatic heterocycles. The molecule has 0 amide bonds. The summed E-state index contributed by atoms with van der Waals surface area (Å²) < 4.78 is 4.43. The van der Waals surface area contributed by atoms with Gasteiger partial charge in [0.05, 0.1) is 18.6 Å². The van der Waals surface area contributed by atoms with Crippen LogP contribution < -0.4 is 0 Å². The molecule has 0 aliphatic carbocycles. The zero-order chi connectivity index (χ0) is 17.1. The average molecular weight is 376 g/mol. The molecule has 0 saturated carbocycles. The Labute approximate surface area is 143 Å². The van der Waals surface area contributed by atoms with Crippen molar-refractivity contribution in [3.63, 3.8) is 0 Å². The van der Waals surface area contributed by atoms with Crippen molar-refractivity contribution in [2.75, 3.05) is 0 Å². The molecule has 0 rings (SSSR count). The molecule has 0 aromatic heterocycles. The lowest BCUT2D eigenvalue weighted by molar-refractivity contribution is -0.114. The number of carbonyl (C=O) groups is 1. The molecule has 124 valence electrons. The number of hydrogen-bond donors (Lipinski definition) is 1. The van der Waals surface area contributed by atoms with Gasteiger partial charge < -0.3 is 9.53 Å². The van der Waals surface area contributed by atoms with Crippen molar-refractivity contribution in [1.82, 2.24) is 0 Å². The Morgan fingerprint density at radius 2 is 1.76 bits per heavy atom. The first-order chi connectivity index (χ1) is 9.16. The van der Waals surface area contributed by atoms with E-state index in [2.05, 4.69) is 33.9 Å². The van der Waals surface area contributed by atoms with E-state index in [0.29, 0.717) is 0 Å². The van der Waals surface area contributed by atoms with Gasteiger partial charge in [0.1, 0.15) is 0 Å². The molecule has 3 nitrogen and oxygen atoms in total. The topological polar surface area (TPSA) is 46.5 Å². The average Bonchev–Trinajstić information content (AvgIpc) is 2.21. The molecule has 2 atom stereocenters. The summed E-state index contributed by atoms with van der Waals surface area (Å²) in [6, 6.07) is 0. The molecule has 1 N–H and O–H groups in total. The van der Waals surface area contributed by atoms with Crippen LogP contribution in [0.15, 0.2) is 12.2 Å². The van der Waals surface area contributed by atoms with Crippen molar-refractivity contribution in [3.8, 4) is 0 Å². The third-order valence-electron chi connectivity index (χ3n) is 3.62. The first kappa shape index (κ1) is 21.4. The van der Waals surface area contributed by atoms with E-state index in [4.69, 9.17) is 39.2 Å². The zero-order valence-electron chi connectivity index (χ0n) is 13.4. The van der Waals surface area contributed by atoms with Gasteiger partial charge in [-0.1, -0.05) is 61.7 Å². The Morgan fingerprint density at radius 1 is 1.29 bits per heavy atom. The van der Waals surface area contributed by atoms with Crippen LogP contribution in [-0.2, 0) is 9.22 Å². The minimum Gasteiger partial charge on any atom is -0.411 e. The van der Waals surface area contributed by atoms with Crippen molar-refractivity contribution in [3.05, 3.63) is 12.2 Å². The maximum atomic E-state index is 11.5. The number of alkyl halides is 3. The molecular weight excluding hydrogens is 351 g/mol. The SMILES string of the molecule is C[C@@H](O[Si](C)(C)C(C)(C)C)[C@H](O)/C=C/C(=O)CC(Cl)(Cl)Cl. The van der Waals surface area contributed by atoms with E-state index in [0.717, 1.165) is 0 Å². The summed E-state index contributed by atoms with van der Waals surface area (Å²) >= 11 is 16.6. The minimum atomic E-state index is -1.97. The molecule has 7 heteroatoms. The molecule has 0 spiro atoms. The van der Waals surface area contributed by atoms with E-state index in [9.17, 15) is 9.90 Å².